The molecule has 20 heavy (non-hydrogen) atoms. The number of amides is 2. The number of aryl methyl sites for hydroxylation is 1. The third kappa shape index (κ3) is 4.02. The van der Waals surface area contributed by atoms with E-state index >= 15 is 0 Å². The molecule has 0 saturated heterocycles. The van der Waals surface area contributed by atoms with E-state index in [1.54, 1.807) is 12.1 Å². The van der Waals surface area contributed by atoms with Crippen molar-refractivity contribution < 1.29 is 14.7 Å². The third-order valence-corrected chi connectivity index (χ3v) is 3.13. The summed E-state index contributed by atoms with van der Waals surface area (Å²) >= 11 is 1.33. The zero-order chi connectivity index (χ0) is 14.5. The molecule has 7 nitrogen and oxygen atoms in total. The molecule has 0 aliphatic heterocycles. The topological polar surface area (TPSA) is 104 Å². The number of anilines is 2. The van der Waals surface area contributed by atoms with Gasteiger partial charge in [-0.2, -0.15) is 0 Å². The summed E-state index contributed by atoms with van der Waals surface area (Å²) in [5.41, 5.74) is 1.74. The number of hydrogen-bond donors (Lipinski definition) is 3. The first-order chi connectivity index (χ1) is 9.52. The second kappa shape index (κ2) is 6.11. The molecule has 0 radical (unpaired) electrons. The lowest BCUT2D eigenvalue weighted by molar-refractivity contribution is -0.136. The molecule has 2 heterocycles. The Morgan fingerprint density at radius 3 is 2.70 bits per heavy atom. The van der Waals surface area contributed by atoms with Gasteiger partial charge in [0.25, 0.3) is 0 Å². The van der Waals surface area contributed by atoms with Crippen molar-refractivity contribution in [1.29, 1.82) is 0 Å². The molecule has 3 N–H and O–H groups in total. The van der Waals surface area contributed by atoms with Crippen LogP contribution >= 0.6 is 11.3 Å². The largest absolute Gasteiger partial charge is 0.481 e. The lowest BCUT2D eigenvalue weighted by atomic mass is 10.2. The average Bonchev–Trinajstić information content (AvgIpc) is 2.76. The molecular weight excluding hydrogens is 280 g/mol. The number of carboxylic acid groups (broad SMARTS) is 1. The number of thiazole rings is 1. The van der Waals surface area contributed by atoms with E-state index < -0.39 is 12.0 Å². The minimum Gasteiger partial charge on any atom is -0.481 e. The molecule has 8 heteroatoms. The molecule has 0 aliphatic carbocycles. The SMILES string of the molecule is Cc1csc(NC(=O)Nc2ccc(CC(=O)O)nc2)n1. The highest BCUT2D eigenvalue weighted by Crippen LogP contribution is 2.15. The second-order valence-electron chi connectivity index (χ2n) is 3.98. The van der Waals surface area contributed by atoms with Crippen LogP contribution in [0.4, 0.5) is 15.6 Å². The van der Waals surface area contributed by atoms with Crippen LogP contribution in [0, 0.1) is 6.92 Å². The van der Waals surface area contributed by atoms with E-state index in [0.29, 0.717) is 16.5 Å². The van der Waals surface area contributed by atoms with Crippen molar-refractivity contribution in [2.75, 3.05) is 10.6 Å². The molecule has 0 unspecified atom stereocenters. The summed E-state index contributed by atoms with van der Waals surface area (Å²) < 4.78 is 0. The van der Waals surface area contributed by atoms with Crippen LogP contribution in [0.15, 0.2) is 23.7 Å². The van der Waals surface area contributed by atoms with Gasteiger partial charge in [0.1, 0.15) is 0 Å². The minimum absolute atomic E-state index is 0.148. The fraction of sp³-hybridized carbons (Fsp3) is 0.167. The van der Waals surface area contributed by atoms with Gasteiger partial charge in [0, 0.05) is 5.38 Å². The number of carbonyl (C=O) groups is 2. The Morgan fingerprint density at radius 2 is 2.15 bits per heavy atom. The van der Waals surface area contributed by atoms with Crippen LogP contribution in [0.1, 0.15) is 11.4 Å². The van der Waals surface area contributed by atoms with Crippen LogP contribution in [0.3, 0.4) is 0 Å². The quantitative estimate of drug-likeness (QED) is 0.800. The van der Waals surface area contributed by atoms with Crippen molar-refractivity contribution in [3.05, 3.63) is 35.1 Å². The van der Waals surface area contributed by atoms with Crippen molar-refractivity contribution in [2.24, 2.45) is 0 Å². The lowest BCUT2D eigenvalue weighted by Gasteiger charge is -2.05. The van der Waals surface area contributed by atoms with Crippen LogP contribution in [0.2, 0.25) is 0 Å². The van der Waals surface area contributed by atoms with Gasteiger partial charge < -0.3 is 10.4 Å². The number of nitrogens with one attached hydrogen (secondary N) is 2. The van der Waals surface area contributed by atoms with Gasteiger partial charge in [-0.15, -0.1) is 11.3 Å². The first-order valence-corrected chi connectivity index (χ1v) is 6.58. The van der Waals surface area contributed by atoms with Gasteiger partial charge >= 0.3 is 12.0 Å². The highest BCUT2D eigenvalue weighted by atomic mass is 32.1. The van der Waals surface area contributed by atoms with Crippen molar-refractivity contribution in [1.82, 2.24) is 9.97 Å². The molecule has 104 valence electrons. The monoisotopic (exact) mass is 292 g/mol. The molecule has 2 aromatic rings. The number of aromatic nitrogens is 2. The molecule has 0 spiro atoms. The maximum Gasteiger partial charge on any atom is 0.325 e. The standard InChI is InChI=1S/C12H12N4O3S/c1-7-6-20-12(14-7)16-11(19)15-9-3-2-8(13-5-9)4-10(17)18/h2-3,5-6H,4H2,1H3,(H,17,18)(H2,14,15,16,19). The first kappa shape index (κ1) is 13.9. The number of carbonyl (C=O) groups excluding carboxylic acids is 1. The van der Waals surface area contributed by atoms with E-state index in [-0.39, 0.29) is 6.42 Å². The molecule has 2 aromatic heterocycles. The maximum atomic E-state index is 11.7. The number of hydrogen-bond acceptors (Lipinski definition) is 5. The molecule has 0 aliphatic rings. The van der Waals surface area contributed by atoms with Crippen molar-refractivity contribution in [3.8, 4) is 0 Å². The summed E-state index contributed by atoms with van der Waals surface area (Å²) in [5, 5.41) is 16.1. The van der Waals surface area contributed by atoms with Gasteiger partial charge in [-0.1, -0.05) is 0 Å². The summed E-state index contributed by atoms with van der Waals surface area (Å²) in [6.07, 6.45) is 1.26. The average molecular weight is 292 g/mol. The fourth-order valence-corrected chi connectivity index (χ4v) is 2.11. The van der Waals surface area contributed by atoms with E-state index in [0.717, 1.165) is 5.69 Å². The van der Waals surface area contributed by atoms with Crippen molar-refractivity contribution in [3.63, 3.8) is 0 Å². The summed E-state index contributed by atoms with van der Waals surface area (Å²) in [5.74, 6) is -0.949. The number of nitrogens with zero attached hydrogens (tertiary/aromatic N) is 2. The zero-order valence-electron chi connectivity index (χ0n) is 10.6. The van der Waals surface area contributed by atoms with E-state index in [2.05, 4.69) is 20.6 Å². The van der Waals surface area contributed by atoms with Crippen LogP contribution < -0.4 is 10.6 Å². The first-order valence-electron chi connectivity index (χ1n) is 5.70. The normalized spacial score (nSPS) is 10.1. The summed E-state index contributed by atoms with van der Waals surface area (Å²) in [7, 11) is 0. The van der Waals surface area contributed by atoms with E-state index in [1.165, 1.54) is 17.5 Å². The molecule has 0 atom stereocenters. The molecule has 0 bridgehead atoms. The van der Waals surface area contributed by atoms with E-state index in [4.69, 9.17) is 5.11 Å². The summed E-state index contributed by atoms with van der Waals surface area (Å²) in [6.45, 7) is 1.84. The fourth-order valence-electron chi connectivity index (χ4n) is 1.43. The molecule has 2 amide bonds. The van der Waals surface area contributed by atoms with Crippen molar-refractivity contribution in [2.45, 2.75) is 13.3 Å². The molecule has 2 rings (SSSR count). The van der Waals surface area contributed by atoms with Gasteiger partial charge in [0.2, 0.25) is 0 Å². The zero-order valence-corrected chi connectivity index (χ0v) is 11.4. The predicted octanol–water partition coefficient (Wildman–Crippen LogP) is 2.12. The Labute approximate surface area is 118 Å². The minimum atomic E-state index is -0.949. The van der Waals surface area contributed by atoms with Gasteiger partial charge in [-0.05, 0) is 19.1 Å². The van der Waals surface area contributed by atoms with Crippen LogP contribution in [-0.2, 0) is 11.2 Å². The summed E-state index contributed by atoms with van der Waals surface area (Å²) in [4.78, 5) is 30.2. The highest BCUT2D eigenvalue weighted by Gasteiger charge is 2.06. The number of aliphatic carboxylic acids is 1. The highest BCUT2D eigenvalue weighted by molar-refractivity contribution is 7.13. The van der Waals surface area contributed by atoms with Crippen LogP contribution in [0.5, 0.6) is 0 Å². The predicted molar refractivity (Wildman–Crippen MR) is 75.1 cm³/mol. The molecular formula is C12H12N4O3S. The number of carboxylic acids is 1. The number of rotatable bonds is 4. The van der Waals surface area contributed by atoms with Crippen LogP contribution in [0.25, 0.3) is 0 Å². The maximum absolute atomic E-state index is 11.7. The molecule has 0 saturated carbocycles. The Bertz CT molecular complexity index is 624. The lowest BCUT2D eigenvalue weighted by Crippen LogP contribution is -2.19. The van der Waals surface area contributed by atoms with Crippen LogP contribution in [-0.4, -0.2) is 27.1 Å². The molecule has 0 fully saturated rings. The van der Waals surface area contributed by atoms with Gasteiger partial charge in [0.15, 0.2) is 5.13 Å². The van der Waals surface area contributed by atoms with Gasteiger partial charge in [0.05, 0.1) is 29.7 Å². The van der Waals surface area contributed by atoms with E-state index in [1.807, 2.05) is 12.3 Å². The second-order valence-corrected chi connectivity index (χ2v) is 4.84. The van der Waals surface area contributed by atoms with Crippen molar-refractivity contribution >= 4 is 34.2 Å². The Kier molecular flexibility index (Phi) is 4.26. The number of pyridine rings is 1. The molecule has 0 aromatic carbocycles. The Hall–Kier alpha value is -2.48. The van der Waals surface area contributed by atoms with Gasteiger partial charge in [-0.3, -0.25) is 15.1 Å². The Morgan fingerprint density at radius 1 is 1.35 bits per heavy atom. The number of urea groups is 1. The summed E-state index contributed by atoms with van der Waals surface area (Å²) in [6, 6.07) is 2.72. The van der Waals surface area contributed by atoms with Gasteiger partial charge in [-0.25, -0.2) is 9.78 Å². The Balaban J connectivity index is 1.92. The van der Waals surface area contributed by atoms with E-state index in [9.17, 15) is 9.59 Å². The smallest absolute Gasteiger partial charge is 0.325 e. The third-order valence-electron chi connectivity index (χ3n) is 2.25.